The minimum absolute atomic E-state index is 0.602. The van der Waals surface area contributed by atoms with Crippen molar-refractivity contribution in [1.29, 1.82) is 5.26 Å². The molecule has 0 radical (unpaired) electrons. The normalized spacial score (nSPS) is 9.93. The summed E-state index contributed by atoms with van der Waals surface area (Å²) in [6.45, 7) is 3.91. The Labute approximate surface area is 87.8 Å². The van der Waals surface area contributed by atoms with Gasteiger partial charge in [-0.05, 0) is 19.9 Å². The van der Waals surface area contributed by atoms with Gasteiger partial charge in [-0.25, -0.2) is 4.98 Å². The highest BCUT2D eigenvalue weighted by molar-refractivity contribution is 5.47. The third kappa shape index (κ3) is 1.48. The molecule has 2 rings (SSSR count). The van der Waals surface area contributed by atoms with Gasteiger partial charge in [0.05, 0.1) is 29.5 Å². The van der Waals surface area contributed by atoms with Crippen molar-refractivity contribution in [3.8, 4) is 11.8 Å². The van der Waals surface area contributed by atoms with Gasteiger partial charge in [0.15, 0.2) is 0 Å². The van der Waals surface area contributed by atoms with E-state index >= 15 is 0 Å². The van der Waals surface area contributed by atoms with Crippen LogP contribution in [-0.2, 0) is 0 Å². The largest absolute Gasteiger partial charge is 0.300 e. The zero-order valence-corrected chi connectivity index (χ0v) is 8.60. The molecule has 15 heavy (non-hydrogen) atoms. The number of hydrogen-bond acceptors (Lipinski definition) is 3. The van der Waals surface area contributed by atoms with E-state index in [9.17, 15) is 0 Å². The number of aryl methyl sites for hydroxylation is 1. The summed E-state index contributed by atoms with van der Waals surface area (Å²) in [5, 5.41) is 8.97. The molecule has 0 fully saturated rings. The van der Waals surface area contributed by atoms with Crippen LogP contribution in [0, 0.1) is 25.2 Å². The summed E-state index contributed by atoms with van der Waals surface area (Å²) in [5.41, 5.74) is 3.37. The Kier molecular flexibility index (Phi) is 2.22. The number of aromatic nitrogens is 3. The molecule has 0 aliphatic rings. The molecule has 4 nitrogen and oxygen atoms in total. The number of nitriles is 1. The molecule has 2 aromatic rings. The SMILES string of the molecule is Cc1ncn(-c2cnccc2C#N)c1C. The van der Waals surface area contributed by atoms with Gasteiger partial charge in [-0.1, -0.05) is 0 Å². The second-order valence-corrected chi connectivity index (χ2v) is 3.29. The van der Waals surface area contributed by atoms with Crippen LogP contribution in [0.5, 0.6) is 0 Å². The van der Waals surface area contributed by atoms with Crippen LogP contribution in [0.25, 0.3) is 5.69 Å². The van der Waals surface area contributed by atoms with Gasteiger partial charge in [-0.2, -0.15) is 5.26 Å². The minimum Gasteiger partial charge on any atom is -0.300 e. The molecule has 0 bridgehead atoms. The van der Waals surface area contributed by atoms with Gasteiger partial charge in [0.2, 0.25) is 0 Å². The van der Waals surface area contributed by atoms with Crippen molar-refractivity contribution in [1.82, 2.24) is 14.5 Å². The van der Waals surface area contributed by atoms with E-state index < -0.39 is 0 Å². The van der Waals surface area contributed by atoms with Gasteiger partial charge in [0, 0.05) is 11.9 Å². The topological polar surface area (TPSA) is 54.5 Å². The first-order chi connectivity index (χ1) is 7.24. The lowest BCUT2D eigenvalue weighted by Gasteiger charge is -2.06. The lowest BCUT2D eigenvalue weighted by molar-refractivity contribution is 0.983. The summed E-state index contributed by atoms with van der Waals surface area (Å²) in [6.07, 6.45) is 5.00. The van der Waals surface area contributed by atoms with E-state index in [2.05, 4.69) is 16.0 Å². The quantitative estimate of drug-likeness (QED) is 0.701. The van der Waals surface area contributed by atoms with Gasteiger partial charge in [0.1, 0.15) is 6.07 Å². The first kappa shape index (κ1) is 9.41. The molecular weight excluding hydrogens is 188 g/mol. The van der Waals surface area contributed by atoms with Crippen molar-refractivity contribution in [2.24, 2.45) is 0 Å². The van der Waals surface area contributed by atoms with Crippen LogP contribution >= 0.6 is 0 Å². The standard InChI is InChI=1S/C11H10N4/c1-8-9(2)15(7-14-8)11-6-13-4-3-10(11)5-12/h3-4,6-7H,1-2H3. The van der Waals surface area contributed by atoms with Crippen molar-refractivity contribution >= 4 is 0 Å². The molecule has 0 amide bonds. The Morgan fingerprint density at radius 2 is 2.20 bits per heavy atom. The first-order valence-electron chi connectivity index (χ1n) is 4.59. The molecule has 0 spiro atoms. The van der Waals surface area contributed by atoms with Crippen LogP contribution in [0.1, 0.15) is 17.0 Å². The molecule has 0 aliphatic carbocycles. The Hall–Kier alpha value is -2.15. The number of hydrogen-bond donors (Lipinski definition) is 0. The summed E-state index contributed by atoms with van der Waals surface area (Å²) < 4.78 is 1.88. The zero-order valence-electron chi connectivity index (χ0n) is 8.60. The second kappa shape index (κ2) is 3.54. The Balaban J connectivity index is 2.65. The average molecular weight is 198 g/mol. The number of pyridine rings is 1. The monoisotopic (exact) mass is 198 g/mol. The molecule has 0 N–H and O–H groups in total. The fourth-order valence-corrected chi connectivity index (χ4v) is 1.41. The van der Waals surface area contributed by atoms with E-state index in [0.717, 1.165) is 17.1 Å². The van der Waals surface area contributed by atoms with Crippen LogP contribution in [-0.4, -0.2) is 14.5 Å². The van der Waals surface area contributed by atoms with Crippen LogP contribution in [0.15, 0.2) is 24.8 Å². The predicted octanol–water partition coefficient (Wildman–Crippen LogP) is 1.76. The van der Waals surface area contributed by atoms with Crippen LogP contribution in [0.2, 0.25) is 0 Å². The van der Waals surface area contributed by atoms with Gasteiger partial charge in [-0.15, -0.1) is 0 Å². The lowest BCUT2D eigenvalue weighted by Crippen LogP contribution is -1.99. The van der Waals surface area contributed by atoms with Crippen molar-refractivity contribution in [2.75, 3.05) is 0 Å². The smallest absolute Gasteiger partial charge is 0.101 e. The molecule has 0 saturated carbocycles. The van der Waals surface area contributed by atoms with E-state index in [1.165, 1.54) is 0 Å². The summed E-state index contributed by atoms with van der Waals surface area (Å²) >= 11 is 0. The van der Waals surface area contributed by atoms with Gasteiger partial charge < -0.3 is 4.57 Å². The summed E-state index contributed by atoms with van der Waals surface area (Å²) in [7, 11) is 0. The maximum absolute atomic E-state index is 8.97. The van der Waals surface area contributed by atoms with E-state index in [0.29, 0.717) is 5.56 Å². The molecular formula is C11H10N4. The molecule has 2 aromatic heterocycles. The Morgan fingerprint density at radius 3 is 2.80 bits per heavy atom. The molecule has 2 heterocycles. The summed E-state index contributed by atoms with van der Waals surface area (Å²) in [5.74, 6) is 0. The molecule has 0 atom stereocenters. The Bertz CT molecular complexity index is 534. The first-order valence-corrected chi connectivity index (χ1v) is 4.59. The van der Waals surface area contributed by atoms with Crippen LogP contribution in [0.3, 0.4) is 0 Å². The van der Waals surface area contributed by atoms with Crippen LogP contribution in [0.4, 0.5) is 0 Å². The maximum atomic E-state index is 8.97. The fourth-order valence-electron chi connectivity index (χ4n) is 1.41. The predicted molar refractivity (Wildman–Crippen MR) is 55.5 cm³/mol. The van der Waals surface area contributed by atoms with E-state index in [1.54, 1.807) is 24.8 Å². The second-order valence-electron chi connectivity index (χ2n) is 3.29. The van der Waals surface area contributed by atoms with E-state index in [1.807, 2.05) is 18.4 Å². The molecule has 74 valence electrons. The highest BCUT2D eigenvalue weighted by Crippen LogP contribution is 2.15. The van der Waals surface area contributed by atoms with Crippen molar-refractivity contribution in [3.63, 3.8) is 0 Å². The summed E-state index contributed by atoms with van der Waals surface area (Å²) in [6, 6.07) is 3.84. The van der Waals surface area contributed by atoms with E-state index in [-0.39, 0.29) is 0 Å². The molecule has 4 heteroatoms. The van der Waals surface area contributed by atoms with Gasteiger partial charge in [0.25, 0.3) is 0 Å². The highest BCUT2D eigenvalue weighted by Gasteiger charge is 2.08. The fraction of sp³-hybridized carbons (Fsp3) is 0.182. The third-order valence-corrected chi connectivity index (χ3v) is 2.43. The van der Waals surface area contributed by atoms with Gasteiger partial charge in [-0.3, -0.25) is 4.98 Å². The molecule has 0 saturated heterocycles. The Morgan fingerprint density at radius 1 is 1.40 bits per heavy atom. The highest BCUT2D eigenvalue weighted by atomic mass is 15.1. The van der Waals surface area contributed by atoms with Crippen molar-refractivity contribution in [2.45, 2.75) is 13.8 Å². The average Bonchev–Trinajstić information content (AvgIpc) is 2.60. The number of rotatable bonds is 1. The van der Waals surface area contributed by atoms with Crippen LogP contribution < -0.4 is 0 Å². The molecule has 0 aromatic carbocycles. The third-order valence-electron chi connectivity index (χ3n) is 2.43. The van der Waals surface area contributed by atoms with Crippen molar-refractivity contribution in [3.05, 3.63) is 41.7 Å². The maximum Gasteiger partial charge on any atom is 0.101 e. The molecule has 0 unspecified atom stereocenters. The minimum atomic E-state index is 0.602. The van der Waals surface area contributed by atoms with E-state index in [4.69, 9.17) is 5.26 Å². The zero-order chi connectivity index (χ0) is 10.8. The lowest BCUT2D eigenvalue weighted by atomic mass is 10.2. The van der Waals surface area contributed by atoms with Gasteiger partial charge >= 0.3 is 0 Å². The number of nitrogens with zero attached hydrogens (tertiary/aromatic N) is 4. The molecule has 0 aliphatic heterocycles. The number of imidazole rings is 1. The summed E-state index contributed by atoms with van der Waals surface area (Å²) in [4.78, 5) is 8.21. The van der Waals surface area contributed by atoms with Crippen molar-refractivity contribution < 1.29 is 0 Å².